The number of hydrogen-bond acceptors (Lipinski definition) is 0. The van der Waals surface area contributed by atoms with E-state index in [1.54, 1.807) is 0 Å². The molecule has 3 rings (SSSR count). The molecule has 0 saturated heterocycles. The first-order chi connectivity index (χ1) is 15.2. The summed E-state index contributed by atoms with van der Waals surface area (Å²) >= 11 is 6.51. The molecule has 0 spiro atoms. The molecule has 2 aliphatic carbocycles. The minimum Gasteiger partial charge on any atom is -0.0945 e. The van der Waals surface area contributed by atoms with Crippen LogP contribution in [-0.2, 0) is 6.42 Å². The summed E-state index contributed by atoms with van der Waals surface area (Å²) in [5, 5.41) is 0.900. The van der Waals surface area contributed by atoms with E-state index >= 15 is 0 Å². The van der Waals surface area contributed by atoms with E-state index in [0.29, 0.717) is 5.92 Å². The number of benzene rings is 1. The first-order valence-corrected chi connectivity index (χ1v) is 13.9. The largest absolute Gasteiger partial charge is 0.0945 e. The summed E-state index contributed by atoms with van der Waals surface area (Å²) < 4.78 is 0. The molecule has 0 aliphatic heterocycles. The Morgan fingerprint density at radius 2 is 1.45 bits per heavy atom. The molecule has 0 heterocycles. The molecule has 0 nitrogen and oxygen atoms in total. The van der Waals surface area contributed by atoms with Crippen LogP contribution >= 0.6 is 11.6 Å². The van der Waals surface area contributed by atoms with Crippen LogP contribution in [0.5, 0.6) is 0 Å². The van der Waals surface area contributed by atoms with Gasteiger partial charge in [0.05, 0.1) is 0 Å². The van der Waals surface area contributed by atoms with Gasteiger partial charge in [-0.1, -0.05) is 94.7 Å². The quantitative estimate of drug-likeness (QED) is 0.264. The molecule has 0 N–H and O–H groups in total. The average Bonchev–Trinajstić information content (AvgIpc) is 2.80. The summed E-state index contributed by atoms with van der Waals surface area (Å²) in [5.74, 6) is 10.6. The lowest BCUT2D eigenvalue weighted by molar-refractivity contribution is 0.153. The molecule has 2 aliphatic rings. The fourth-order valence-electron chi connectivity index (χ4n) is 5.94. The second kappa shape index (κ2) is 13.6. The molecule has 1 aromatic rings. The Labute approximate surface area is 197 Å². The maximum Gasteiger partial charge on any atom is 0.0450 e. The minimum absolute atomic E-state index is 0.588. The van der Waals surface area contributed by atoms with Gasteiger partial charge < -0.3 is 0 Å². The highest BCUT2D eigenvalue weighted by Crippen LogP contribution is 2.42. The minimum atomic E-state index is 0.588. The molecule has 0 radical (unpaired) electrons. The van der Waals surface area contributed by atoms with Crippen LogP contribution in [0.15, 0.2) is 18.2 Å². The Morgan fingerprint density at radius 3 is 2.10 bits per heavy atom. The molecule has 1 heteroatoms. The van der Waals surface area contributed by atoms with Crippen molar-refractivity contribution in [3.8, 4) is 11.8 Å². The Morgan fingerprint density at radius 1 is 0.806 bits per heavy atom. The van der Waals surface area contributed by atoms with Gasteiger partial charge in [-0.15, -0.1) is 0 Å². The Balaban J connectivity index is 1.40. The topological polar surface area (TPSA) is 0 Å². The summed E-state index contributed by atoms with van der Waals surface area (Å²) in [4.78, 5) is 0. The van der Waals surface area contributed by atoms with Crippen molar-refractivity contribution in [3.63, 3.8) is 0 Å². The fourth-order valence-corrected chi connectivity index (χ4v) is 6.22. The number of aryl methyl sites for hydroxylation is 1. The van der Waals surface area contributed by atoms with Crippen LogP contribution in [0.2, 0.25) is 5.02 Å². The molecule has 31 heavy (non-hydrogen) atoms. The van der Waals surface area contributed by atoms with Gasteiger partial charge in [0.25, 0.3) is 0 Å². The number of halogens is 1. The van der Waals surface area contributed by atoms with Gasteiger partial charge in [-0.2, -0.15) is 0 Å². The smallest absolute Gasteiger partial charge is 0.0450 e. The fraction of sp³-hybridized carbons (Fsp3) is 0.733. The van der Waals surface area contributed by atoms with Gasteiger partial charge in [0.1, 0.15) is 0 Å². The molecular formula is C30H45Cl. The first-order valence-electron chi connectivity index (χ1n) is 13.5. The molecule has 0 atom stereocenters. The van der Waals surface area contributed by atoms with E-state index in [1.807, 2.05) is 0 Å². The summed E-state index contributed by atoms with van der Waals surface area (Å²) in [5.41, 5.74) is 2.37. The van der Waals surface area contributed by atoms with E-state index in [0.717, 1.165) is 34.8 Å². The Hall–Kier alpha value is -0.930. The zero-order valence-corrected chi connectivity index (χ0v) is 21.0. The Bertz CT molecular complexity index is 693. The van der Waals surface area contributed by atoms with Gasteiger partial charge in [-0.3, -0.25) is 0 Å². The SMILES string of the molecule is CCCCCc1ccc(C#C[C@H]2CC[C@H]([C@H]3CC[C@H](CCCCC)CC3)CC2)cc1Cl. The maximum atomic E-state index is 6.51. The van der Waals surface area contributed by atoms with E-state index in [2.05, 4.69) is 43.9 Å². The highest BCUT2D eigenvalue weighted by molar-refractivity contribution is 6.31. The second-order valence-corrected chi connectivity index (χ2v) is 10.8. The molecule has 0 unspecified atom stereocenters. The highest BCUT2D eigenvalue weighted by Gasteiger charge is 2.30. The van der Waals surface area contributed by atoms with Crippen molar-refractivity contribution in [3.05, 3.63) is 34.3 Å². The van der Waals surface area contributed by atoms with Crippen molar-refractivity contribution in [1.29, 1.82) is 0 Å². The molecule has 0 amide bonds. The molecule has 172 valence electrons. The summed E-state index contributed by atoms with van der Waals surface area (Å²) in [6.07, 6.45) is 22.0. The Kier molecular flexibility index (Phi) is 10.8. The van der Waals surface area contributed by atoms with Crippen molar-refractivity contribution < 1.29 is 0 Å². The van der Waals surface area contributed by atoms with Crippen LogP contribution < -0.4 is 0 Å². The number of hydrogen-bond donors (Lipinski definition) is 0. The van der Waals surface area contributed by atoms with Crippen LogP contribution in [0.1, 0.15) is 121 Å². The normalized spacial score (nSPS) is 26.3. The van der Waals surface area contributed by atoms with Crippen molar-refractivity contribution >= 4 is 11.6 Å². The second-order valence-electron chi connectivity index (χ2n) is 10.4. The lowest BCUT2D eigenvalue weighted by atomic mass is 9.69. The van der Waals surface area contributed by atoms with E-state index in [4.69, 9.17) is 11.6 Å². The zero-order chi connectivity index (χ0) is 21.9. The van der Waals surface area contributed by atoms with Crippen LogP contribution in [0, 0.1) is 35.5 Å². The van der Waals surface area contributed by atoms with Crippen LogP contribution in [0.3, 0.4) is 0 Å². The van der Waals surface area contributed by atoms with E-state index in [9.17, 15) is 0 Å². The molecule has 2 fully saturated rings. The zero-order valence-electron chi connectivity index (χ0n) is 20.2. The summed E-state index contributed by atoms with van der Waals surface area (Å²) in [6.45, 7) is 4.56. The van der Waals surface area contributed by atoms with E-state index < -0.39 is 0 Å². The van der Waals surface area contributed by atoms with Gasteiger partial charge >= 0.3 is 0 Å². The number of unbranched alkanes of at least 4 members (excludes halogenated alkanes) is 4. The third kappa shape index (κ3) is 8.17. The third-order valence-electron chi connectivity index (χ3n) is 8.07. The first kappa shape index (κ1) is 24.7. The lowest BCUT2D eigenvalue weighted by Crippen LogP contribution is -2.25. The predicted molar refractivity (Wildman–Crippen MR) is 137 cm³/mol. The molecule has 0 aromatic heterocycles. The van der Waals surface area contributed by atoms with Crippen molar-refractivity contribution in [2.24, 2.45) is 23.7 Å². The van der Waals surface area contributed by atoms with Crippen molar-refractivity contribution in [2.45, 2.75) is 117 Å². The lowest BCUT2D eigenvalue weighted by Gasteiger charge is -2.37. The maximum absolute atomic E-state index is 6.51. The van der Waals surface area contributed by atoms with E-state index in [1.165, 1.54) is 102 Å². The van der Waals surface area contributed by atoms with Crippen LogP contribution in [-0.4, -0.2) is 0 Å². The predicted octanol–water partition coefficient (Wildman–Crippen LogP) is 9.62. The van der Waals surface area contributed by atoms with Gasteiger partial charge in [0.2, 0.25) is 0 Å². The van der Waals surface area contributed by atoms with Gasteiger partial charge in [-0.25, -0.2) is 0 Å². The van der Waals surface area contributed by atoms with Crippen molar-refractivity contribution in [1.82, 2.24) is 0 Å². The summed E-state index contributed by atoms with van der Waals surface area (Å²) in [7, 11) is 0. The van der Waals surface area contributed by atoms with Crippen LogP contribution in [0.25, 0.3) is 0 Å². The molecular weight excluding hydrogens is 396 g/mol. The van der Waals surface area contributed by atoms with Gasteiger partial charge in [-0.05, 0) is 86.8 Å². The van der Waals surface area contributed by atoms with Gasteiger partial charge in [0, 0.05) is 16.5 Å². The van der Waals surface area contributed by atoms with Crippen LogP contribution in [0.4, 0.5) is 0 Å². The molecule has 0 bridgehead atoms. The average molecular weight is 441 g/mol. The number of rotatable bonds is 9. The monoisotopic (exact) mass is 440 g/mol. The van der Waals surface area contributed by atoms with Crippen molar-refractivity contribution in [2.75, 3.05) is 0 Å². The molecule has 1 aromatic carbocycles. The highest BCUT2D eigenvalue weighted by atomic mass is 35.5. The molecule has 2 saturated carbocycles. The van der Waals surface area contributed by atoms with E-state index in [-0.39, 0.29) is 0 Å². The standard InChI is InChI=1S/C30H45Cl/c1-3-5-7-9-24-13-18-27(19-14-24)28-20-15-25(16-21-28)11-12-26-17-22-29(30(31)23-26)10-8-6-4-2/h17,22-25,27-28H,3-10,13-16,18-21H2,1-2H3/t24-,25-,27-,28-. The van der Waals surface area contributed by atoms with Gasteiger partial charge in [0.15, 0.2) is 0 Å². The summed E-state index contributed by atoms with van der Waals surface area (Å²) in [6, 6.07) is 6.45. The third-order valence-corrected chi connectivity index (χ3v) is 8.42.